The van der Waals surface area contributed by atoms with Crippen molar-refractivity contribution in [2.24, 2.45) is 5.84 Å². The third kappa shape index (κ3) is 3.54. The van der Waals surface area contributed by atoms with E-state index in [4.69, 9.17) is 15.3 Å². The summed E-state index contributed by atoms with van der Waals surface area (Å²) in [4.78, 5) is 0. The number of hydrogen-bond donors (Lipinski definition) is 2. The lowest BCUT2D eigenvalue weighted by atomic mass is 10.1. The average Bonchev–Trinajstić information content (AvgIpc) is 2.33. The first-order valence-corrected chi connectivity index (χ1v) is 5.77. The highest BCUT2D eigenvalue weighted by Crippen LogP contribution is 2.32. The van der Waals surface area contributed by atoms with Gasteiger partial charge in [0.1, 0.15) is 6.04 Å². The van der Waals surface area contributed by atoms with Crippen molar-refractivity contribution in [1.82, 2.24) is 5.43 Å². The molecule has 3 N–H and O–H groups in total. The first-order chi connectivity index (χ1) is 8.63. The summed E-state index contributed by atoms with van der Waals surface area (Å²) in [6, 6.07) is 3.45. The highest BCUT2D eigenvalue weighted by atomic mass is 19.3. The number of alkyl halides is 2. The maximum atomic E-state index is 12.7. The Morgan fingerprint density at radius 2 is 1.78 bits per heavy atom. The molecule has 0 amide bonds. The van der Waals surface area contributed by atoms with Gasteiger partial charge in [-0.3, -0.25) is 5.84 Å². The molecule has 1 rings (SSSR count). The molecule has 1 aromatic rings. The van der Waals surface area contributed by atoms with Crippen LogP contribution < -0.4 is 20.7 Å². The van der Waals surface area contributed by atoms with Gasteiger partial charge in [0.15, 0.2) is 11.5 Å². The summed E-state index contributed by atoms with van der Waals surface area (Å²) in [5.74, 6) is 6.10. The van der Waals surface area contributed by atoms with Crippen LogP contribution in [0.25, 0.3) is 0 Å². The Kier molecular flexibility index (Phi) is 5.80. The SMILES string of the molecule is CCOc1ccc(C(NN)C(F)F)cc1OCC. The van der Waals surface area contributed by atoms with E-state index >= 15 is 0 Å². The lowest BCUT2D eigenvalue weighted by Gasteiger charge is -2.18. The molecule has 1 unspecified atom stereocenters. The molecule has 1 aromatic carbocycles. The number of benzene rings is 1. The maximum absolute atomic E-state index is 12.7. The molecule has 0 aliphatic rings. The van der Waals surface area contributed by atoms with Gasteiger partial charge in [0.2, 0.25) is 0 Å². The smallest absolute Gasteiger partial charge is 0.259 e. The average molecular weight is 260 g/mol. The van der Waals surface area contributed by atoms with Gasteiger partial charge in [-0.15, -0.1) is 0 Å². The summed E-state index contributed by atoms with van der Waals surface area (Å²) in [7, 11) is 0. The van der Waals surface area contributed by atoms with Gasteiger partial charge in [0.05, 0.1) is 13.2 Å². The molecule has 102 valence electrons. The number of hydrogen-bond acceptors (Lipinski definition) is 4. The quantitative estimate of drug-likeness (QED) is 0.583. The summed E-state index contributed by atoms with van der Waals surface area (Å²) in [5.41, 5.74) is 2.45. The topological polar surface area (TPSA) is 56.5 Å². The van der Waals surface area contributed by atoms with Crippen LogP contribution in [0.15, 0.2) is 18.2 Å². The van der Waals surface area contributed by atoms with Crippen molar-refractivity contribution in [2.75, 3.05) is 13.2 Å². The monoisotopic (exact) mass is 260 g/mol. The van der Waals surface area contributed by atoms with Crippen LogP contribution in [0.5, 0.6) is 11.5 Å². The minimum absolute atomic E-state index is 0.361. The Bertz CT molecular complexity index is 375. The largest absolute Gasteiger partial charge is 0.490 e. The predicted octanol–water partition coefficient (Wildman–Crippen LogP) is 2.25. The molecule has 18 heavy (non-hydrogen) atoms. The van der Waals surface area contributed by atoms with E-state index in [-0.39, 0.29) is 0 Å². The van der Waals surface area contributed by atoms with Crippen LogP contribution in [0.3, 0.4) is 0 Å². The molecule has 0 aliphatic heterocycles. The first-order valence-electron chi connectivity index (χ1n) is 5.77. The van der Waals surface area contributed by atoms with Crippen molar-refractivity contribution in [2.45, 2.75) is 26.3 Å². The van der Waals surface area contributed by atoms with Gasteiger partial charge >= 0.3 is 0 Å². The van der Waals surface area contributed by atoms with Gasteiger partial charge in [-0.1, -0.05) is 6.07 Å². The normalized spacial score (nSPS) is 12.6. The highest BCUT2D eigenvalue weighted by Gasteiger charge is 2.22. The number of nitrogens with two attached hydrogens (primary N) is 1. The fourth-order valence-corrected chi connectivity index (χ4v) is 1.58. The van der Waals surface area contributed by atoms with Crippen LogP contribution in [0.2, 0.25) is 0 Å². The third-order valence-corrected chi connectivity index (χ3v) is 2.36. The second-order valence-corrected chi connectivity index (χ2v) is 3.55. The minimum Gasteiger partial charge on any atom is -0.490 e. The molecule has 6 heteroatoms. The van der Waals surface area contributed by atoms with Gasteiger partial charge in [-0.2, -0.15) is 0 Å². The van der Waals surface area contributed by atoms with E-state index in [2.05, 4.69) is 5.43 Å². The lowest BCUT2D eigenvalue weighted by molar-refractivity contribution is 0.0984. The van der Waals surface area contributed by atoms with Crippen molar-refractivity contribution in [1.29, 1.82) is 0 Å². The molecular weight excluding hydrogens is 242 g/mol. The zero-order valence-corrected chi connectivity index (χ0v) is 10.5. The van der Waals surface area contributed by atoms with Crippen molar-refractivity contribution >= 4 is 0 Å². The van der Waals surface area contributed by atoms with Gasteiger partial charge in [0.25, 0.3) is 6.43 Å². The molecule has 0 saturated carbocycles. The Labute approximate surface area is 105 Å². The molecule has 0 aliphatic carbocycles. The Balaban J connectivity index is 3.04. The van der Waals surface area contributed by atoms with E-state index in [0.29, 0.717) is 30.3 Å². The van der Waals surface area contributed by atoms with Crippen LogP contribution in [0.4, 0.5) is 8.78 Å². The van der Waals surface area contributed by atoms with Gasteiger partial charge in [0, 0.05) is 0 Å². The van der Waals surface area contributed by atoms with E-state index in [1.165, 1.54) is 6.07 Å². The summed E-state index contributed by atoms with van der Waals surface area (Å²) in [5, 5.41) is 0. The fraction of sp³-hybridized carbons (Fsp3) is 0.500. The molecule has 1 atom stereocenters. The number of hydrazine groups is 1. The van der Waals surface area contributed by atoms with Crippen molar-refractivity contribution in [3.63, 3.8) is 0 Å². The maximum Gasteiger partial charge on any atom is 0.259 e. The summed E-state index contributed by atoms with van der Waals surface area (Å²) in [6.45, 7) is 4.56. The molecule has 0 bridgehead atoms. The molecule has 0 radical (unpaired) electrons. The minimum atomic E-state index is -2.59. The van der Waals surface area contributed by atoms with Crippen LogP contribution in [-0.2, 0) is 0 Å². The lowest BCUT2D eigenvalue weighted by Crippen LogP contribution is -2.32. The van der Waals surface area contributed by atoms with E-state index in [1.807, 2.05) is 13.8 Å². The highest BCUT2D eigenvalue weighted by molar-refractivity contribution is 5.44. The Morgan fingerprint density at radius 1 is 1.17 bits per heavy atom. The van der Waals surface area contributed by atoms with Gasteiger partial charge < -0.3 is 9.47 Å². The number of nitrogens with one attached hydrogen (secondary N) is 1. The third-order valence-electron chi connectivity index (χ3n) is 2.36. The summed E-state index contributed by atoms with van der Waals surface area (Å²) < 4.78 is 36.2. The van der Waals surface area contributed by atoms with Crippen LogP contribution in [0, 0.1) is 0 Å². The molecular formula is C12H18F2N2O2. The number of ether oxygens (including phenoxy) is 2. The van der Waals surface area contributed by atoms with E-state index in [1.54, 1.807) is 12.1 Å². The number of halogens is 2. The molecule has 0 saturated heterocycles. The zero-order chi connectivity index (χ0) is 13.5. The van der Waals surface area contributed by atoms with Gasteiger partial charge in [-0.05, 0) is 31.5 Å². The summed E-state index contributed by atoms with van der Waals surface area (Å²) in [6.07, 6.45) is -2.59. The fourth-order valence-electron chi connectivity index (χ4n) is 1.58. The second kappa shape index (κ2) is 7.13. The van der Waals surface area contributed by atoms with Crippen molar-refractivity contribution in [3.8, 4) is 11.5 Å². The Morgan fingerprint density at radius 3 is 2.28 bits per heavy atom. The van der Waals surface area contributed by atoms with Crippen LogP contribution in [0.1, 0.15) is 25.5 Å². The van der Waals surface area contributed by atoms with E-state index in [0.717, 1.165) is 0 Å². The molecule has 0 aromatic heterocycles. The Hall–Kier alpha value is -1.40. The van der Waals surface area contributed by atoms with E-state index < -0.39 is 12.5 Å². The number of rotatable bonds is 7. The van der Waals surface area contributed by atoms with E-state index in [9.17, 15) is 8.78 Å². The standard InChI is InChI=1S/C12H18F2N2O2/c1-3-17-9-6-5-8(7-10(9)18-4-2)11(16-15)12(13)14/h5-7,11-12,16H,3-4,15H2,1-2H3. The molecule has 0 spiro atoms. The molecule has 4 nitrogen and oxygen atoms in total. The zero-order valence-electron chi connectivity index (χ0n) is 10.5. The molecule has 0 heterocycles. The second-order valence-electron chi connectivity index (χ2n) is 3.55. The van der Waals surface area contributed by atoms with Crippen molar-refractivity contribution < 1.29 is 18.3 Å². The summed E-state index contributed by atoms with van der Waals surface area (Å²) >= 11 is 0. The van der Waals surface area contributed by atoms with Crippen LogP contribution in [-0.4, -0.2) is 19.6 Å². The first kappa shape index (κ1) is 14.7. The van der Waals surface area contributed by atoms with Crippen LogP contribution >= 0.6 is 0 Å². The van der Waals surface area contributed by atoms with Crippen molar-refractivity contribution in [3.05, 3.63) is 23.8 Å². The molecule has 0 fully saturated rings. The predicted molar refractivity (Wildman–Crippen MR) is 64.8 cm³/mol. The van der Waals surface area contributed by atoms with Gasteiger partial charge in [-0.25, -0.2) is 14.2 Å².